The highest BCUT2D eigenvalue weighted by atomic mass is 15.4. The maximum atomic E-state index is 6.22. The molecule has 1 aliphatic carbocycles. The van der Waals surface area contributed by atoms with Gasteiger partial charge in [0.05, 0.1) is 6.17 Å². The van der Waals surface area contributed by atoms with E-state index < -0.39 is 0 Å². The fourth-order valence-electron chi connectivity index (χ4n) is 6.70. The van der Waals surface area contributed by atoms with Crippen LogP contribution in [-0.2, 0) is 0 Å². The van der Waals surface area contributed by atoms with E-state index in [4.69, 9.17) is 5.73 Å². The lowest BCUT2D eigenvalue weighted by Crippen LogP contribution is -2.58. The van der Waals surface area contributed by atoms with Crippen molar-refractivity contribution in [3.63, 3.8) is 0 Å². The van der Waals surface area contributed by atoms with Crippen molar-refractivity contribution in [2.24, 2.45) is 11.7 Å². The van der Waals surface area contributed by atoms with Gasteiger partial charge < -0.3 is 10.6 Å². The van der Waals surface area contributed by atoms with Gasteiger partial charge in [0.1, 0.15) is 0 Å². The topological polar surface area (TPSA) is 47.8 Å². The summed E-state index contributed by atoms with van der Waals surface area (Å²) >= 11 is 0. The second-order valence-corrected chi connectivity index (χ2v) is 9.43. The predicted molar refractivity (Wildman–Crippen MR) is 101 cm³/mol. The maximum Gasteiger partial charge on any atom is 0.0734 e. The second kappa shape index (κ2) is 7.08. The Kier molecular flexibility index (Phi) is 4.80. The fraction of sp³-hybridized carbons (Fsp3) is 1.00. The van der Waals surface area contributed by atoms with E-state index in [9.17, 15) is 0 Å². The SMILES string of the molecule is NC1CCC2C(C1)NC1CN(C[C@@H]3CCCN4CCCC[C@H]34)CCN12. The predicted octanol–water partition coefficient (Wildman–Crippen LogP) is 1.05. The summed E-state index contributed by atoms with van der Waals surface area (Å²) < 4.78 is 0. The van der Waals surface area contributed by atoms with Gasteiger partial charge in [-0.25, -0.2) is 0 Å². The monoisotopic (exact) mass is 347 g/mol. The minimum absolute atomic E-state index is 0.422. The van der Waals surface area contributed by atoms with Crippen LogP contribution >= 0.6 is 0 Å². The molecule has 5 heteroatoms. The van der Waals surface area contributed by atoms with Crippen LogP contribution in [0.4, 0.5) is 0 Å². The molecule has 0 aromatic heterocycles. The van der Waals surface area contributed by atoms with E-state index in [0.717, 1.165) is 18.0 Å². The summed E-state index contributed by atoms with van der Waals surface area (Å²) in [5.41, 5.74) is 6.22. The van der Waals surface area contributed by atoms with Gasteiger partial charge in [-0.05, 0) is 64.0 Å². The Hall–Kier alpha value is -0.200. The van der Waals surface area contributed by atoms with Gasteiger partial charge in [0.15, 0.2) is 0 Å². The molecule has 0 amide bonds. The highest BCUT2D eigenvalue weighted by molar-refractivity contribution is 5.03. The standard InChI is InChI=1S/C20H37N5/c21-16-6-7-19-17(12-16)22-20-14-23(10-11-25(19)20)13-15-4-3-9-24-8-2-1-5-18(15)24/h15-20,22H,1-14,21H2/t15-,16?,17?,18+,19?,20?/m0/s1. The summed E-state index contributed by atoms with van der Waals surface area (Å²) in [6.07, 6.45) is 11.5. The molecule has 4 saturated heterocycles. The zero-order chi connectivity index (χ0) is 16.8. The van der Waals surface area contributed by atoms with Crippen molar-refractivity contribution in [3.8, 4) is 0 Å². The summed E-state index contributed by atoms with van der Waals surface area (Å²) in [5, 5.41) is 3.94. The van der Waals surface area contributed by atoms with Gasteiger partial charge in [-0.3, -0.25) is 15.1 Å². The summed E-state index contributed by atoms with van der Waals surface area (Å²) in [6.45, 7) is 7.82. The van der Waals surface area contributed by atoms with Crippen LogP contribution in [0.2, 0.25) is 0 Å². The Bertz CT molecular complexity index is 469. The van der Waals surface area contributed by atoms with Crippen LogP contribution in [0.15, 0.2) is 0 Å². The van der Waals surface area contributed by atoms with Crippen molar-refractivity contribution in [2.75, 3.05) is 39.3 Å². The normalized spacial score (nSPS) is 46.4. The highest BCUT2D eigenvalue weighted by Crippen LogP contribution is 2.34. The number of nitrogens with two attached hydrogens (primary N) is 1. The van der Waals surface area contributed by atoms with E-state index >= 15 is 0 Å². The van der Waals surface area contributed by atoms with Crippen LogP contribution in [-0.4, -0.2) is 84.3 Å². The van der Waals surface area contributed by atoms with Crippen molar-refractivity contribution in [2.45, 2.75) is 81.7 Å². The Morgan fingerprint density at radius 1 is 0.880 bits per heavy atom. The molecule has 4 unspecified atom stereocenters. The van der Waals surface area contributed by atoms with Gasteiger partial charge in [-0.1, -0.05) is 6.42 Å². The van der Waals surface area contributed by atoms with Gasteiger partial charge in [-0.2, -0.15) is 0 Å². The number of hydrogen-bond donors (Lipinski definition) is 2. The number of fused-ring (bicyclic) bond motifs is 4. The van der Waals surface area contributed by atoms with Crippen molar-refractivity contribution in [1.29, 1.82) is 0 Å². The first-order chi connectivity index (χ1) is 12.3. The molecule has 5 nitrogen and oxygen atoms in total. The molecule has 5 rings (SSSR count). The Morgan fingerprint density at radius 3 is 2.76 bits per heavy atom. The molecule has 0 radical (unpaired) electrons. The fourth-order valence-corrected chi connectivity index (χ4v) is 6.70. The quantitative estimate of drug-likeness (QED) is 0.782. The molecule has 5 aliphatic rings. The van der Waals surface area contributed by atoms with Crippen molar-refractivity contribution in [3.05, 3.63) is 0 Å². The first-order valence-electron chi connectivity index (χ1n) is 11.0. The molecule has 3 N–H and O–H groups in total. The number of hydrogen-bond acceptors (Lipinski definition) is 5. The number of nitrogens with one attached hydrogen (secondary N) is 1. The molecule has 142 valence electrons. The van der Waals surface area contributed by atoms with Gasteiger partial charge >= 0.3 is 0 Å². The molecule has 0 spiro atoms. The van der Waals surface area contributed by atoms with Crippen molar-refractivity contribution in [1.82, 2.24) is 20.0 Å². The van der Waals surface area contributed by atoms with E-state index in [1.807, 2.05) is 0 Å². The molecule has 5 fully saturated rings. The van der Waals surface area contributed by atoms with E-state index in [2.05, 4.69) is 20.0 Å². The number of nitrogens with zero attached hydrogens (tertiary/aromatic N) is 3. The van der Waals surface area contributed by atoms with E-state index in [0.29, 0.717) is 18.2 Å². The van der Waals surface area contributed by atoms with E-state index in [-0.39, 0.29) is 0 Å². The summed E-state index contributed by atoms with van der Waals surface area (Å²) in [7, 11) is 0. The minimum atomic E-state index is 0.422. The molecule has 0 aromatic rings. The van der Waals surface area contributed by atoms with E-state index in [1.165, 1.54) is 90.6 Å². The molecular weight excluding hydrogens is 310 g/mol. The molecule has 0 aromatic carbocycles. The summed E-state index contributed by atoms with van der Waals surface area (Å²) in [5.74, 6) is 0.915. The number of rotatable bonds is 2. The van der Waals surface area contributed by atoms with Crippen molar-refractivity contribution < 1.29 is 0 Å². The third-order valence-corrected chi connectivity index (χ3v) is 7.91. The van der Waals surface area contributed by atoms with Crippen LogP contribution in [0.5, 0.6) is 0 Å². The van der Waals surface area contributed by atoms with E-state index in [1.54, 1.807) is 0 Å². The van der Waals surface area contributed by atoms with Crippen molar-refractivity contribution >= 4 is 0 Å². The zero-order valence-corrected chi connectivity index (χ0v) is 15.8. The lowest BCUT2D eigenvalue weighted by atomic mass is 9.83. The van der Waals surface area contributed by atoms with Gasteiger partial charge in [0.2, 0.25) is 0 Å². The first kappa shape index (κ1) is 16.9. The average molecular weight is 348 g/mol. The van der Waals surface area contributed by atoms with Crippen LogP contribution in [0.1, 0.15) is 51.4 Å². The first-order valence-corrected chi connectivity index (χ1v) is 11.0. The third-order valence-electron chi connectivity index (χ3n) is 7.91. The second-order valence-electron chi connectivity index (χ2n) is 9.43. The highest BCUT2D eigenvalue weighted by Gasteiger charge is 2.45. The van der Waals surface area contributed by atoms with Gasteiger partial charge in [-0.15, -0.1) is 0 Å². The molecular formula is C20H37N5. The van der Waals surface area contributed by atoms with Gasteiger partial charge in [0.25, 0.3) is 0 Å². The molecule has 4 aliphatic heterocycles. The third kappa shape index (κ3) is 3.27. The summed E-state index contributed by atoms with van der Waals surface area (Å²) in [6, 6.07) is 2.72. The zero-order valence-electron chi connectivity index (χ0n) is 15.8. The Labute approximate surface area is 153 Å². The van der Waals surface area contributed by atoms with Gasteiger partial charge in [0, 0.05) is 50.3 Å². The number of piperazine rings is 1. The molecule has 4 heterocycles. The van der Waals surface area contributed by atoms with Crippen LogP contribution in [0.3, 0.4) is 0 Å². The largest absolute Gasteiger partial charge is 0.328 e. The Balaban J connectivity index is 1.20. The molecule has 6 atom stereocenters. The lowest BCUT2D eigenvalue weighted by molar-refractivity contribution is 0.0135. The van der Waals surface area contributed by atoms with Crippen LogP contribution in [0.25, 0.3) is 0 Å². The summed E-state index contributed by atoms with van der Waals surface area (Å²) in [4.78, 5) is 8.38. The smallest absolute Gasteiger partial charge is 0.0734 e. The average Bonchev–Trinajstić information content (AvgIpc) is 2.98. The maximum absolute atomic E-state index is 6.22. The molecule has 25 heavy (non-hydrogen) atoms. The van der Waals surface area contributed by atoms with Crippen LogP contribution < -0.4 is 11.1 Å². The lowest BCUT2D eigenvalue weighted by Gasteiger charge is -2.47. The molecule has 0 bridgehead atoms. The van der Waals surface area contributed by atoms with Crippen LogP contribution in [0, 0.1) is 5.92 Å². The minimum Gasteiger partial charge on any atom is -0.328 e. The Morgan fingerprint density at radius 2 is 1.80 bits per heavy atom. The number of piperidine rings is 2. The molecule has 1 saturated carbocycles.